The molecule has 0 aromatic heterocycles. The Morgan fingerprint density at radius 3 is 2.12 bits per heavy atom. The third-order valence-electron chi connectivity index (χ3n) is 3.24. The first-order valence-corrected chi connectivity index (χ1v) is 10.4. The van der Waals surface area contributed by atoms with Crippen molar-refractivity contribution >= 4 is 52.4 Å². The van der Waals surface area contributed by atoms with Gasteiger partial charge >= 0.3 is 0 Å². The number of rotatable bonds is 5. The molecule has 9 nitrogen and oxygen atoms in total. The van der Waals surface area contributed by atoms with E-state index in [9.17, 15) is 31.1 Å². The van der Waals surface area contributed by atoms with Crippen LogP contribution in [0.3, 0.4) is 0 Å². The van der Waals surface area contributed by atoms with E-state index >= 15 is 0 Å². The van der Waals surface area contributed by atoms with Crippen molar-refractivity contribution in [3.63, 3.8) is 0 Å². The molecular formula is C14H12BrNO8S2. The summed E-state index contributed by atoms with van der Waals surface area (Å²) in [5.74, 6) is 0. The Bertz CT molecular complexity index is 1080. The lowest BCUT2D eigenvalue weighted by Crippen LogP contribution is -2.99. The molecule has 0 bridgehead atoms. The molecule has 0 saturated carbocycles. The highest BCUT2D eigenvalue weighted by molar-refractivity contribution is 9.15. The molecule has 1 atom stereocenters. The number of quaternary nitrogens is 1. The van der Waals surface area contributed by atoms with Gasteiger partial charge in [0.15, 0.2) is 5.69 Å². The Labute approximate surface area is 157 Å². The molecule has 0 saturated heterocycles. The highest BCUT2D eigenvalue weighted by Crippen LogP contribution is 2.32. The molecule has 4 N–H and O–H groups in total. The number of nitrogens with one attached hydrogen (secondary N) is 1. The minimum Gasteiger partial charge on any atom is -0.595 e. The van der Waals surface area contributed by atoms with Crippen LogP contribution in [0.1, 0.15) is 11.1 Å². The lowest BCUT2D eigenvalue weighted by Gasteiger charge is -2.14. The molecule has 140 valence electrons. The Balaban J connectivity index is 2.69. The first kappa shape index (κ1) is 20.7. The normalized spacial score (nSPS) is 14.3. The van der Waals surface area contributed by atoms with Crippen LogP contribution in [0.2, 0.25) is 0 Å². The predicted octanol–water partition coefficient (Wildman–Crippen LogP) is 1.48. The summed E-state index contributed by atoms with van der Waals surface area (Å²) >= 11 is 3.09. The van der Waals surface area contributed by atoms with E-state index in [1.807, 2.05) is 0 Å². The van der Waals surface area contributed by atoms with Crippen LogP contribution >= 0.6 is 15.9 Å². The minimum absolute atomic E-state index is 0.0400. The van der Waals surface area contributed by atoms with E-state index in [2.05, 4.69) is 15.9 Å². The summed E-state index contributed by atoms with van der Waals surface area (Å²) in [4.78, 5) is -1.09. The fourth-order valence-electron chi connectivity index (χ4n) is 2.12. The molecule has 0 aliphatic heterocycles. The zero-order valence-corrected chi connectivity index (χ0v) is 15.9. The largest absolute Gasteiger partial charge is 0.595 e. The van der Waals surface area contributed by atoms with Gasteiger partial charge in [-0.05, 0) is 23.8 Å². The fourth-order valence-corrected chi connectivity index (χ4v) is 4.25. The molecule has 0 spiro atoms. The lowest BCUT2D eigenvalue weighted by atomic mass is 10.1. The molecule has 0 amide bonds. The number of hydrogen-bond donors (Lipinski definition) is 4. The second-order valence-electron chi connectivity index (χ2n) is 5.00. The lowest BCUT2D eigenvalue weighted by molar-refractivity contribution is -0.991. The highest BCUT2D eigenvalue weighted by atomic mass is 79.9. The van der Waals surface area contributed by atoms with Crippen molar-refractivity contribution in [2.75, 3.05) is 0 Å². The van der Waals surface area contributed by atoms with E-state index in [0.717, 1.165) is 24.3 Å². The highest BCUT2D eigenvalue weighted by Gasteiger charge is 2.21. The van der Waals surface area contributed by atoms with Crippen LogP contribution in [0.5, 0.6) is 0 Å². The quantitative estimate of drug-likeness (QED) is 0.293. The summed E-state index contributed by atoms with van der Waals surface area (Å²) in [5.41, 5.74) is -0.409. The summed E-state index contributed by atoms with van der Waals surface area (Å²) in [6, 6.07) is 8.44. The van der Waals surface area contributed by atoms with Crippen molar-refractivity contribution < 1.29 is 36.4 Å². The van der Waals surface area contributed by atoms with Crippen LogP contribution < -0.4 is 5.23 Å². The van der Waals surface area contributed by atoms with Crippen LogP contribution in [-0.2, 0) is 20.2 Å². The van der Waals surface area contributed by atoms with Gasteiger partial charge in [0.25, 0.3) is 20.2 Å². The molecule has 2 aromatic rings. The molecule has 0 heterocycles. The van der Waals surface area contributed by atoms with Crippen LogP contribution in [0.4, 0.5) is 5.69 Å². The summed E-state index contributed by atoms with van der Waals surface area (Å²) in [6.45, 7) is 0. The third-order valence-corrected chi connectivity index (χ3v) is 5.72. The monoisotopic (exact) mass is 465 g/mol. The molecule has 12 heteroatoms. The van der Waals surface area contributed by atoms with Crippen molar-refractivity contribution in [1.29, 1.82) is 0 Å². The van der Waals surface area contributed by atoms with Crippen LogP contribution in [0.25, 0.3) is 10.6 Å². The summed E-state index contributed by atoms with van der Waals surface area (Å²) in [7, 11) is -9.30. The molecule has 2 rings (SSSR count). The third kappa shape index (κ3) is 4.75. The smallest absolute Gasteiger partial charge is 0.295 e. The van der Waals surface area contributed by atoms with Gasteiger partial charge in [-0.15, -0.1) is 0 Å². The van der Waals surface area contributed by atoms with Gasteiger partial charge in [0, 0.05) is 22.2 Å². The van der Waals surface area contributed by atoms with Crippen molar-refractivity contribution in [1.82, 2.24) is 0 Å². The van der Waals surface area contributed by atoms with Crippen molar-refractivity contribution in [2.24, 2.45) is 0 Å². The van der Waals surface area contributed by atoms with Gasteiger partial charge < -0.3 is 5.21 Å². The van der Waals surface area contributed by atoms with Gasteiger partial charge in [-0.3, -0.25) is 9.11 Å². The molecule has 0 fully saturated rings. The number of hydrogen-bond acceptors (Lipinski definition) is 6. The number of halogens is 1. The fraction of sp³-hybridized carbons (Fsp3) is 0. The Morgan fingerprint density at radius 1 is 1.00 bits per heavy atom. The zero-order valence-electron chi connectivity index (χ0n) is 12.7. The Kier molecular flexibility index (Phi) is 5.99. The van der Waals surface area contributed by atoms with E-state index in [-0.39, 0.29) is 21.3 Å². The molecule has 1 unspecified atom stereocenters. The maximum absolute atomic E-state index is 11.6. The molecular weight excluding hydrogens is 454 g/mol. The van der Waals surface area contributed by atoms with E-state index in [1.165, 1.54) is 24.3 Å². The van der Waals surface area contributed by atoms with Crippen molar-refractivity contribution in [2.45, 2.75) is 9.79 Å². The predicted molar refractivity (Wildman–Crippen MR) is 95.1 cm³/mol. The maximum Gasteiger partial charge on any atom is 0.295 e. The van der Waals surface area contributed by atoms with Gasteiger partial charge in [0.05, 0.1) is 0 Å². The van der Waals surface area contributed by atoms with Crippen molar-refractivity contribution in [3.8, 4) is 0 Å². The first-order chi connectivity index (χ1) is 11.9. The number of benzene rings is 2. The average Bonchev–Trinajstić information content (AvgIpc) is 2.52. The SMILES string of the molecule is O=S(=O)(O)c1ccccc1C=C(Br)c1ccc([NH+]([O-])O)cc1S(=O)(=O)O. The van der Waals surface area contributed by atoms with Crippen LogP contribution in [0.15, 0.2) is 52.3 Å². The second kappa shape index (κ2) is 7.54. The molecule has 0 aliphatic carbocycles. The van der Waals surface area contributed by atoms with Crippen LogP contribution in [-0.4, -0.2) is 31.1 Å². The van der Waals surface area contributed by atoms with E-state index in [1.54, 1.807) is 0 Å². The Hall–Kier alpha value is -1.64. The maximum atomic E-state index is 11.6. The minimum atomic E-state index is -4.77. The van der Waals surface area contributed by atoms with E-state index < -0.39 is 35.3 Å². The van der Waals surface area contributed by atoms with E-state index in [0.29, 0.717) is 0 Å². The molecule has 26 heavy (non-hydrogen) atoms. The van der Waals surface area contributed by atoms with Gasteiger partial charge in [-0.1, -0.05) is 34.1 Å². The van der Waals surface area contributed by atoms with Gasteiger partial charge in [0.1, 0.15) is 9.79 Å². The first-order valence-electron chi connectivity index (χ1n) is 6.70. The topological polar surface area (TPSA) is 156 Å². The molecule has 2 aromatic carbocycles. The van der Waals surface area contributed by atoms with Gasteiger partial charge in [-0.25, -0.2) is 5.21 Å². The molecule has 0 aliphatic rings. The standard InChI is InChI=1S/C14H12BrNO8S2/c15-12(7-9-3-1-2-4-13(9)25(19,20)21)11-6-5-10(16(17)18)8-14(11)26(22,23)24/h1-8,16-17H,(H,19,20,21)(H,22,23,24). The summed E-state index contributed by atoms with van der Waals surface area (Å²) in [5, 5.41) is 18.6. The van der Waals surface area contributed by atoms with Gasteiger partial charge in [-0.2, -0.15) is 22.1 Å². The zero-order chi connectivity index (χ0) is 19.7. The van der Waals surface area contributed by atoms with Crippen LogP contribution in [0, 0.1) is 5.21 Å². The summed E-state index contributed by atoms with van der Waals surface area (Å²) < 4.78 is 64.7. The Morgan fingerprint density at radius 2 is 1.58 bits per heavy atom. The van der Waals surface area contributed by atoms with Crippen molar-refractivity contribution in [3.05, 3.63) is 58.8 Å². The van der Waals surface area contributed by atoms with E-state index in [4.69, 9.17) is 5.21 Å². The second-order valence-corrected chi connectivity index (χ2v) is 8.63. The molecule has 0 radical (unpaired) electrons. The van der Waals surface area contributed by atoms with Gasteiger partial charge in [0.2, 0.25) is 0 Å². The average molecular weight is 466 g/mol. The summed E-state index contributed by atoms with van der Waals surface area (Å²) in [6.07, 6.45) is 1.22.